The maximum atomic E-state index is 14.0. The van der Waals surface area contributed by atoms with Gasteiger partial charge in [-0.1, -0.05) is 36.7 Å². The molecule has 0 bridgehead atoms. The Bertz CT molecular complexity index is 709. The van der Waals surface area contributed by atoms with Crippen molar-refractivity contribution in [2.45, 2.75) is 32.1 Å². The lowest BCUT2D eigenvalue weighted by atomic mass is 9.88. The third-order valence-electron chi connectivity index (χ3n) is 4.58. The largest absolute Gasteiger partial charge is 0.308 e. The normalized spacial score (nSPS) is 16.0. The van der Waals surface area contributed by atoms with Gasteiger partial charge in [0.2, 0.25) is 5.91 Å². The van der Waals surface area contributed by atoms with Gasteiger partial charge in [0.25, 0.3) is 0 Å². The quantitative estimate of drug-likeness (QED) is 0.821. The van der Waals surface area contributed by atoms with Crippen LogP contribution in [-0.4, -0.2) is 43.0 Å². The fraction of sp³-hybridized carbons (Fsp3) is 0.556. The highest BCUT2D eigenvalue weighted by atomic mass is 32.1. The number of halogens is 1. The van der Waals surface area contributed by atoms with Crippen LogP contribution in [0.15, 0.2) is 18.2 Å². The monoisotopic (exact) mass is 349 g/mol. The van der Waals surface area contributed by atoms with Crippen molar-refractivity contribution >= 4 is 32.6 Å². The number of nitrogens with zero attached hydrogens (tertiary/aromatic N) is 3. The molecule has 1 aliphatic carbocycles. The van der Waals surface area contributed by atoms with Crippen LogP contribution in [0.4, 0.5) is 9.52 Å². The van der Waals surface area contributed by atoms with Crippen LogP contribution in [-0.2, 0) is 4.79 Å². The zero-order valence-corrected chi connectivity index (χ0v) is 15.1. The van der Waals surface area contributed by atoms with Gasteiger partial charge < -0.3 is 4.90 Å². The number of fused-ring (bicyclic) bond motifs is 1. The molecule has 1 amide bonds. The molecule has 0 N–H and O–H groups in total. The maximum absolute atomic E-state index is 14.0. The summed E-state index contributed by atoms with van der Waals surface area (Å²) in [6, 6.07) is 4.96. The second-order valence-electron chi connectivity index (χ2n) is 6.71. The molecular formula is C18H24FN3OS. The molecule has 24 heavy (non-hydrogen) atoms. The van der Waals surface area contributed by atoms with Crippen molar-refractivity contribution in [3.05, 3.63) is 24.0 Å². The highest BCUT2D eigenvalue weighted by Gasteiger charge is 2.28. The van der Waals surface area contributed by atoms with E-state index in [0.29, 0.717) is 17.2 Å². The third-order valence-corrected chi connectivity index (χ3v) is 5.62. The first-order valence-electron chi connectivity index (χ1n) is 8.57. The smallest absolute Gasteiger partial charge is 0.231 e. The van der Waals surface area contributed by atoms with Crippen LogP contribution >= 0.6 is 11.3 Å². The maximum Gasteiger partial charge on any atom is 0.231 e. The van der Waals surface area contributed by atoms with Gasteiger partial charge in [-0.3, -0.25) is 9.69 Å². The van der Waals surface area contributed by atoms with Gasteiger partial charge in [0, 0.05) is 19.0 Å². The van der Waals surface area contributed by atoms with Crippen LogP contribution < -0.4 is 4.90 Å². The first-order valence-corrected chi connectivity index (χ1v) is 9.39. The van der Waals surface area contributed by atoms with Crippen LogP contribution in [0.2, 0.25) is 0 Å². The van der Waals surface area contributed by atoms with Gasteiger partial charge in [-0.15, -0.1) is 0 Å². The number of hydrogen-bond acceptors (Lipinski definition) is 4. The molecule has 0 radical (unpaired) electrons. The Balaban J connectivity index is 1.90. The summed E-state index contributed by atoms with van der Waals surface area (Å²) in [5.41, 5.74) is 0.365. The lowest BCUT2D eigenvalue weighted by Crippen LogP contribution is -2.41. The van der Waals surface area contributed by atoms with E-state index in [-0.39, 0.29) is 17.6 Å². The van der Waals surface area contributed by atoms with Crippen molar-refractivity contribution in [1.29, 1.82) is 0 Å². The van der Waals surface area contributed by atoms with E-state index in [1.807, 2.05) is 20.2 Å². The van der Waals surface area contributed by atoms with Gasteiger partial charge in [-0.05, 0) is 39.1 Å². The summed E-state index contributed by atoms with van der Waals surface area (Å²) in [6.07, 6.45) is 5.36. The van der Waals surface area contributed by atoms with Crippen molar-refractivity contribution in [2.24, 2.45) is 5.92 Å². The first kappa shape index (κ1) is 17.3. The minimum atomic E-state index is -0.326. The molecule has 0 atom stereocenters. The number of aromatic nitrogens is 1. The zero-order chi connectivity index (χ0) is 17.1. The van der Waals surface area contributed by atoms with Crippen molar-refractivity contribution in [3.8, 4) is 0 Å². The molecule has 0 unspecified atom stereocenters. The highest BCUT2D eigenvalue weighted by Crippen LogP contribution is 2.33. The summed E-state index contributed by atoms with van der Waals surface area (Å²) in [5.74, 6) is -0.0959. The van der Waals surface area contributed by atoms with Crippen molar-refractivity contribution < 1.29 is 9.18 Å². The SMILES string of the molecule is CN(C)CCN(C(=O)C1CCCCC1)c1nc2c(F)cccc2s1. The number of hydrogen-bond donors (Lipinski definition) is 0. The van der Waals surface area contributed by atoms with E-state index in [1.54, 1.807) is 11.0 Å². The number of amides is 1. The minimum Gasteiger partial charge on any atom is -0.308 e. The van der Waals surface area contributed by atoms with E-state index in [2.05, 4.69) is 9.88 Å². The van der Waals surface area contributed by atoms with Crippen LogP contribution in [0.5, 0.6) is 0 Å². The standard InChI is InChI=1S/C18H24FN3OS/c1-21(2)11-12-22(17(23)13-7-4-3-5-8-13)18-20-16-14(19)9-6-10-15(16)24-18/h6,9-10,13H,3-5,7-8,11-12H2,1-2H3. The van der Waals surface area contributed by atoms with Crippen LogP contribution in [0.25, 0.3) is 10.2 Å². The van der Waals surface area contributed by atoms with Gasteiger partial charge in [0.05, 0.1) is 4.70 Å². The van der Waals surface area contributed by atoms with Crippen molar-refractivity contribution in [3.63, 3.8) is 0 Å². The zero-order valence-electron chi connectivity index (χ0n) is 14.3. The van der Waals surface area contributed by atoms with E-state index in [4.69, 9.17) is 0 Å². The Morgan fingerprint density at radius 1 is 1.25 bits per heavy atom. The van der Waals surface area contributed by atoms with Gasteiger partial charge in [0.15, 0.2) is 5.13 Å². The second kappa shape index (κ2) is 7.57. The molecule has 0 aliphatic heterocycles. The van der Waals surface area contributed by atoms with Gasteiger partial charge in [0.1, 0.15) is 11.3 Å². The van der Waals surface area contributed by atoms with Crippen molar-refractivity contribution in [2.75, 3.05) is 32.1 Å². The van der Waals surface area contributed by atoms with E-state index in [0.717, 1.165) is 36.9 Å². The Hall–Kier alpha value is -1.53. The van der Waals surface area contributed by atoms with E-state index in [1.165, 1.54) is 23.8 Å². The van der Waals surface area contributed by atoms with Crippen LogP contribution in [0, 0.1) is 11.7 Å². The summed E-state index contributed by atoms with van der Waals surface area (Å²) >= 11 is 1.40. The van der Waals surface area contributed by atoms with Gasteiger partial charge in [-0.25, -0.2) is 9.37 Å². The Kier molecular flexibility index (Phi) is 5.46. The van der Waals surface area contributed by atoms with Gasteiger partial charge in [-0.2, -0.15) is 0 Å². The molecular weight excluding hydrogens is 325 g/mol. The molecule has 0 saturated heterocycles. The number of rotatable bonds is 5. The molecule has 1 aromatic heterocycles. The van der Waals surface area contributed by atoms with E-state index >= 15 is 0 Å². The topological polar surface area (TPSA) is 36.4 Å². The molecule has 1 aromatic carbocycles. The molecule has 1 aliphatic rings. The number of carbonyl (C=O) groups is 1. The van der Waals surface area contributed by atoms with Crippen LogP contribution in [0.3, 0.4) is 0 Å². The molecule has 1 fully saturated rings. The van der Waals surface area contributed by atoms with Gasteiger partial charge >= 0.3 is 0 Å². The number of para-hydroxylation sites is 1. The highest BCUT2D eigenvalue weighted by molar-refractivity contribution is 7.22. The number of benzene rings is 1. The summed E-state index contributed by atoms with van der Waals surface area (Å²) < 4.78 is 14.8. The fourth-order valence-electron chi connectivity index (χ4n) is 3.19. The number of likely N-dealkylation sites (N-methyl/N-ethyl adjacent to an activating group) is 1. The first-order chi connectivity index (χ1) is 11.6. The lowest BCUT2D eigenvalue weighted by molar-refractivity contribution is -0.123. The van der Waals surface area contributed by atoms with Crippen molar-refractivity contribution in [1.82, 2.24) is 9.88 Å². The minimum absolute atomic E-state index is 0.0813. The van der Waals surface area contributed by atoms with Crippen LogP contribution in [0.1, 0.15) is 32.1 Å². The average molecular weight is 349 g/mol. The molecule has 130 valence electrons. The number of anilines is 1. The summed E-state index contributed by atoms with van der Waals surface area (Å²) in [7, 11) is 3.97. The molecule has 4 nitrogen and oxygen atoms in total. The summed E-state index contributed by atoms with van der Waals surface area (Å²) in [6.45, 7) is 1.35. The lowest BCUT2D eigenvalue weighted by Gasteiger charge is -2.28. The molecule has 1 heterocycles. The van der Waals surface area contributed by atoms with E-state index in [9.17, 15) is 9.18 Å². The third kappa shape index (κ3) is 3.75. The Labute approximate surface area is 146 Å². The number of carbonyl (C=O) groups excluding carboxylic acids is 1. The fourth-order valence-corrected chi connectivity index (χ4v) is 4.20. The molecule has 6 heteroatoms. The number of thiazole rings is 1. The molecule has 1 saturated carbocycles. The average Bonchev–Trinajstić information content (AvgIpc) is 3.01. The molecule has 0 spiro atoms. The Morgan fingerprint density at radius 2 is 2.00 bits per heavy atom. The molecule has 2 aromatic rings. The predicted octanol–water partition coefficient (Wildman–Crippen LogP) is 3.91. The second-order valence-corrected chi connectivity index (χ2v) is 7.72. The van der Waals surface area contributed by atoms with E-state index < -0.39 is 0 Å². The predicted molar refractivity (Wildman–Crippen MR) is 97.1 cm³/mol. The summed E-state index contributed by atoms with van der Waals surface area (Å²) in [4.78, 5) is 21.3. The Morgan fingerprint density at radius 3 is 2.67 bits per heavy atom. The molecule has 3 rings (SSSR count). The summed E-state index contributed by atoms with van der Waals surface area (Å²) in [5, 5.41) is 0.618.